The summed E-state index contributed by atoms with van der Waals surface area (Å²) in [5.74, 6) is -0.306. The third kappa shape index (κ3) is 4.94. The summed E-state index contributed by atoms with van der Waals surface area (Å²) < 4.78 is 60.1. The van der Waals surface area contributed by atoms with Crippen LogP contribution in [0.3, 0.4) is 0 Å². The largest absolute Gasteiger partial charge is 0.437 e. The van der Waals surface area contributed by atoms with Gasteiger partial charge in [-0.25, -0.2) is 9.37 Å². The lowest BCUT2D eigenvalue weighted by Gasteiger charge is -2.19. The number of benzene rings is 2. The predicted octanol–water partition coefficient (Wildman–Crippen LogP) is 5.37. The topological polar surface area (TPSA) is 84.2 Å². The highest BCUT2D eigenvalue weighted by Gasteiger charge is 2.31. The molecule has 4 rings (SSSR count). The Labute approximate surface area is 189 Å². The van der Waals surface area contributed by atoms with Gasteiger partial charge in [0.15, 0.2) is 0 Å². The number of aliphatic hydroxyl groups excluding tert-OH is 1. The zero-order valence-corrected chi connectivity index (χ0v) is 17.6. The van der Waals surface area contributed by atoms with Crippen molar-refractivity contribution in [2.45, 2.75) is 12.5 Å². The summed E-state index contributed by atoms with van der Waals surface area (Å²) >= 11 is 6.25. The van der Waals surface area contributed by atoms with E-state index in [1.807, 2.05) is 19.3 Å². The molecule has 33 heavy (non-hydrogen) atoms. The average Bonchev–Trinajstić information content (AvgIpc) is 3.13. The molecule has 0 fully saturated rings. The highest BCUT2D eigenvalue weighted by atomic mass is 35.5. The lowest BCUT2D eigenvalue weighted by Crippen LogP contribution is -2.28. The Morgan fingerprint density at radius 1 is 1.06 bits per heavy atom. The minimum Gasteiger partial charge on any atom is -0.437 e. The van der Waals surface area contributed by atoms with E-state index in [1.165, 1.54) is 18.5 Å². The van der Waals surface area contributed by atoms with Crippen LogP contribution >= 0.6 is 11.6 Å². The molecule has 4 aromatic rings. The zero-order chi connectivity index (χ0) is 23.8. The Kier molecular flexibility index (Phi) is 6.00. The predicted molar refractivity (Wildman–Crippen MR) is 115 cm³/mol. The first-order valence-corrected chi connectivity index (χ1v) is 9.81. The number of alkyl halides is 3. The molecule has 0 aliphatic rings. The molecular formula is C21H16ClF4N5O2. The first-order valence-electron chi connectivity index (χ1n) is 9.43. The molecule has 0 aliphatic heterocycles. The molecule has 0 spiro atoms. The highest BCUT2D eigenvalue weighted by molar-refractivity contribution is 6.33. The van der Waals surface area contributed by atoms with Crippen LogP contribution in [0.5, 0.6) is 11.6 Å². The number of fused-ring (bicyclic) bond motifs is 1. The lowest BCUT2D eigenvalue weighted by atomic mass is 10.2. The average molecular weight is 482 g/mol. The van der Waals surface area contributed by atoms with Crippen LogP contribution in [0.15, 0.2) is 55.0 Å². The van der Waals surface area contributed by atoms with Gasteiger partial charge in [-0.1, -0.05) is 11.6 Å². The van der Waals surface area contributed by atoms with Crippen molar-refractivity contribution in [3.63, 3.8) is 0 Å². The summed E-state index contributed by atoms with van der Waals surface area (Å²) in [6, 6.07) is 8.12. The zero-order valence-electron chi connectivity index (χ0n) is 16.9. The molecule has 0 saturated carbocycles. The van der Waals surface area contributed by atoms with E-state index < -0.39 is 29.6 Å². The molecule has 3 N–H and O–H groups in total. The van der Waals surface area contributed by atoms with Gasteiger partial charge in [0.05, 0.1) is 27.5 Å². The number of ether oxygens (including phenoxy) is 1. The van der Waals surface area contributed by atoms with Gasteiger partial charge < -0.3 is 25.0 Å². The van der Waals surface area contributed by atoms with Gasteiger partial charge in [-0.3, -0.25) is 0 Å². The van der Waals surface area contributed by atoms with Crippen molar-refractivity contribution in [1.82, 2.24) is 14.5 Å². The first kappa shape index (κ1) is 22.6. The van der Waals surface area contributed by atoms with Crippen LogP contribution in [-0.2, 0) is 13.2 Å². The molecule has 1 unspecified atom stereocenters. The molecule has 2 aromatic heterocycles. The van der Waals surface area contributed by atoms with Crippen LogP contribution in [-0.4, -0.2) is 26.0 Å². The van der Waals surface area contributed by atoms with Gasteiger partial charge in [0.2, 0.25) is 12.2 Å². The maximum Gasteiger partial charge on any atom is 0.416 e. The minimum absolute atomic E-state index is 0.134. The number of hydrogen-bond acceptors (Lipinski definition) is 6. The Balaban J connectivity index is 1.48. The number of anilines is 2. The summed E-state index contributed by atoms with van der Waals surface area (Å²) in [5, 5.41) is 15.1. The number of halogens is 5. The van der Waals surface area contributed by atoms with Crippen molar-refractivity contribution < 1.29 is 27.4 Å². The van der Waals surface area contributed by atoms with Gasteiger partial charge in [0.1, 0.15) is 23.4 Å². The smallest absolute Gasteiger partial charge is 0.416 e. The number of rotatable bonds is 6. The first-order chi connectivity index (χ1) is 15.6. The third-order valence-electron chi connectivity index (χ3n) is 4.66. The summed E-state index contributed by atoms with van der Waals surface area (Å²) in [6.07, 6.45) is -3.12. The maximum absolute atomic E-state index is 13.9. The second kappa shape index (κ2) is 8.75. The number of aliphatic hydroxyl groups is 1. The van der Waals surface area contributed by atoms with E-state index >= 15 is 0 Å². The summed E-state index contributed by atoms with van der Waals surface area (Å²) in [7, 11) is 1.82. The van der Waals surface area contributed by atoms with Crippen molar-refractivity contribution in [2.75, 3.05) is 10.6 Å². The molecule has 0 amide bonds. The summed E-state index contributed by atoms with van der Waals surface area (Å²) in [4.78, 5) is 8.29. The fourth-order valence-corrected chi connectivity index (χ4v) is 3.32. The van der Waals surface area contributed by atoms with Crippen LogP contribution < -0.4 is 15.4 Å². The van der Waals surface area contributed by atoms with Crippen molar-refractivity contribution >= 4 is 34.0 Å². The summed E-state index contributed by atoms with van der Waals surface area (Å²) in [5.41, 5.74) is 0.0102. The van der Waals surface area contributed by atoms with Crippen LogP contribution in [0.25, 0.3) is 11.0 Å². The molecule has 7 nitrogen and oxygen atoms in total. The number of nitrogens with one attached hydrogen (secondary N) is 2. The minimum atomic E-state index is -4.66. The maximum atomic E-state index is 13.9. The third-order valence-corrected chi connectivity index (χ3v) is 4.97. The Morgan fingerprint density at radius 3 is 2.55 bits per heavy atom. The molecule has 0 aliphatic carbocycles. The van der Waals surface area contributed by atoms with Crippen molar-refractivity contribution in [3.8, 4) is 11.6 Å². The molecule has 2 heterocycles. The molecule has 12 heteroatoms. The second-order valence-electron chi connectivity index (χ2n) is 6.97. The van der Waals surface area contributed by atoms with Gasteiger partial charge >= 0.3 is 6.18 Å². The van der Waals surface area contributed by atoms with Crippen LogP contribution in [0.2, 0.25) is 5.02 Å². The standard InChI is InChI=1S/C21H16ClF4N5O2/c1-31-7-6-16-18(31)19(28-10-27-16)33-12-3-5-15(13(22)9-12)29-20(32)30-17-8-11(21(24,25)26)2-4-14(17)23/h2-10,20,29-30,32H,1H3. The van der Waals surface area contributed by atoms with Gasteiger partial charge in [0.25, 0.3) is 0 Å². The molecular weight excluding hydrogens is 466 g/mol. The molecule has 2 aromatic carbocycles. The monoisotopic (exact) mass is 481 g/mol. The van der Waals surface area contributed by atoms with Gasteiger partial charge in [-0.05, 0) is 36.4 Å². The molecule has 172 valence electrons. The van der Waals surface area contributed by atoms with Crippen LogP contribution in [0.1, 0.15) is 5.56 Å². The quantitative estimate of drug-likeness (QED) is 0.253. The van der Waals surface area contributed by atoms with E-state index in [4.69, 9.17) is 16.3 Å². The van der Waals surface area contributed by atoms with E-state index in [1.54, 1.807) is 10.6 Å². The van der Waals surface area contributed by atoms with Crippen molar-refractivity contribution in [2.24, 2.45) is 7.05 Å². The van der Waals surface area contributed by atoms with E-state index in [-0.39, 0.29) is 10.7 Å². The Hall–Kier alpha value is -3.57. The molecule has 0 saturated heterocycles. The number of aryl methyl sites for hydroxylation is 1. The second-order valence-corrected chi connectivity index (χ2v) is 7.37. The normalized spacial score (nSPS) is 12.6. The lowest BCUT2D eigenvalue weighted by molar-refractivity contribution is -0.137. The van der Waals surface area contributed by atoms with E-state index in [9.17, 15) is 22.7 Å². The number of nitrogens with zero attached hydrogens (tertiary/aromatic N) is 3. The van der Waals surface area contributed by atoms with Crippen LogP contribution in [0.4, 0.5) is 28.9 Å². The fourth-order valence-electron chi connectivity index (χ4n) is 3.09. The van der Waals surface area contributed by atoms with Crippen molar-refractivity contribution in [3.05, 3.63) is 71.4 Å². The SMILES string of the molecule is Cn1ccc2ncnc(Oc3ccc(NC(O)Nc4cc(C(F)(F)F)ccc4F)c(Cl)c3)c21. The fraction of sp³-hybridized carbons (Fsp3) is 0.143. The van der Waals surface area contributed by atoms with Crippen molar-refractivity contribution in [1.29, 1.82) is 0 Å². The molecule has 0 radical (unpaired) electrons. The Morgan fingerprint density at radius 2 is 1.82 bits per heavy atom. The highest BCUT2D eigenvalue weighted by Crippen LogP contribution is 2.33. The number of hydrogen-bond donors (Lipinski definition) is 3. The van der Waals surface area contributed by atoms with Crippen LogP contribution in [0, 0.1) is 5.82 Å². The molecule has 1 atom stereocenters. The number of aromatic nitrogens is 3. The van der Waals surface area contributed by atoms with Gasteiger partial charge in [-0.15, -0.1) is 0 Å². The van der Waals surface area contributed by atoms with E-state index in [2.05, 4.69) is 20.6 Å². The Bertz CT molecular complexity index is 1310. The summed E-state index contributed by atoms with van der Waals surface area (Å²) in [6.45, 7) is 0. The van der Waals surface area contributed by atoms with Gasteiger partial charge in [-0.2, -0.15) is 18.2 Å². The van der Waals surface area contributed by atoms with E-state index in [0.717, 1.165) is 0 Å². The van der Waals surface area contributed by atoms with E-state index in [0.29, 0.717) is 40.9 Å². The van der Waals surface area contributed by atoms with Gasteiger partial charge in [0, 0.05) is 19.3 Å². The molecule has 0 bridgehead atoms.